The Bertz CT molecular complexity index is 147. The lowest BCUT2D eigenvalue weighted by atomic mass is 9.92. The molecule has 0 spiro atoms. The normalized spacial score (nSPS) is 31.5. The molecule has 1 rings (SSSR count). The Hall–Kier alpha value is -0.570. The summed E-state index contributed by atoms with van der Waals surface area (Å²) in [4.78, 5) is 10.6. The number of rotatable bonds is 1. The van der Waals surface area contributed by atoms with E-state index in [0.717, 1.165) is 25.7 Å². The predicted molar refractivity (Wildman–Crippen MR) is 44.2 cm³/mol. The molecular formula is C8H15N2O-. The van der Waals surface area contributed by atoms with Crippen LogP contribution in [0.25, 0.3) is 5.73 Å². The van der Waals surface area contributed by atoms with Crippen LogP contribution in [0.4, 0.5) is 0 Å². The van der Waals surface area contributed by atoms with Crippen molar-refractivity contribution in [2.45, 2.75) is 44.7 Å². The van der Waals surface area contributed by atoms with E-state index in [9.17, 15) is 4.79 Å². The van der Waals surface area contributed by atoms with Crippen LogP contribution in [-0.4, -0.2) is 18.0 Å². The Balaban J connectivity index is 2.28. The van der Waals surface area contributed by atoms with Crippen LogP contribution in [0.15, 0.2) is 0 Å². The van der Waals surface area contributed by atoms with E-state index in [1.54, 1.807) is 0 Å². The molecule has 0 bridgehead atoms. The molecule has 2 atom stereocenters. The molecule has 0 radical (unpaired) electrons. The second kappa shape index (κ2) is 3.72. The summed E-state index contributed by atoms with van der Waals surface area (Å²) in [5, 5.41) is 2.85. The van der Waals surface area contributed by atoms with E-state index >= 15 is 0 Å². The summed E-state index contributed by atoms with van der Waals surface area (Å²) < 4.78 is 0. The summed E-state index contributed by atoms with van der Waals surface area (Å²) in [7, 11) is 0. The van der Waals surface area contributed by atoms with Gasteiger partial charge in [-0.15, -0.1) is 6.04 Å². The number of hydrogen-bond acceptors (Lipinski definition) is 1. The number of carbonyl (C=O) groups is 1. The smallest absolute Gasteiger partial charge is 0.217 e. The Morgan fingerprint density at radius 3 is 2.82 bits per heavy atom. The molecule has 0 aromatic heterocycles. The molecule has 2 N–H and O–H groups in total. The molecule has 0 unspecified atom stereocenters. The maximum absolute atomic E-state index is 10.6. The lowest BCUT2D eigenvalue weighted by Crippen LogP contribution is -2.37. The highest BCUT2D eigenvalue weighted by Gasteiger charge is 2.15. The number of carbonyl (C=O) groups excluding carboxylic acids is 1. The monoisotopic (exact) mass is 155 g/mol. The molecule has 1 aliphatic carbocycles. The third-order valence-electron chi connectivity index (χ3n) is 2.08. The summed E-state index contributed by atoms with van der Waals surface area (Å²) in [6, 6.07) is 0.310. The molecule has 1 fully saturated rings. The van der Waals surface area contributed by atoms with E-state index in [2.05, 4.69) is 5.32 Å². The fraction of sp³-hybridized carbons (Fsp3) is 0.875. The van der Waals surface area contributed by atoms with Crippen LogP contribution in [-0.2, 0) is 4.79 Å². The number of nitrogens with one attached hydrogen (secondary N) is 2. The van der Waals surface area contributed by atoms with Crippen LogP contribution in [0.1, 0.15) is 32.6 Å². The maximum Gasteiger partial charge on any atom is 0.217 e. The third-order valence-corrected chi connectivity index (χ3v) is 2.08. The maximum atomic E-state index is 10.6. The molecule has 11 heavy (non-hydrogen) atoms. The minimum absolute atomic E-state index is 0.0316. The third kappa shape index (κ3) is 2.89. The van der Waals surface area contributed by atoms with Crippen LogP contribution in [0.5, 0.6) is 0 Å². The SMILES string of the molecule is CC(=O)N[C@@H]1CCC[C@H]([NH-])C1. The van der Waals surface area contributed by atoms with E-state index < -0.39 is 0 Å². The van der Waals surface area contributed by atoms with Gasteiger partial charge >= 0.3 is 0 Å². The van der Waals surface area contributed by atoms with Crippen LogP contribution in [0.3, 0.4) is 0 Å². The van der Waals surface area contributed by atoms with Crippen LogP contribution in [0, 0.1) is 0 Å². The van der Waals surface area contributed by atoms with Crippen molar-refractivity contribution in [3.63, 3.8) is 0 Å². The fourth-order valence-electron chi connectivity index (χ4n) is 1.61. The molecule has 1 aliphatic rings. The van der Waals surface area contributed by atoms with Gasteiger partial charge in [-0.3, -0.25) is 4.79 Å². The van der Waals surface area contributed by atoms with E-state index in [4.69, 9.17) is 5.73 Å². The van der Waals surface area contributed by atoms with Gasteiger partial charge in [-0.25, -0.2) is 0 Å². The molecule has 3 heteroatoms. The molecular weight excluding hydrogens is 140 g/mol. The van der Waals surface area contributed by atoms with Crippen LogP contribution in [0.2, 0.25) is 0 Å². The van der Waals surface area contributed by atoms with Gasteiger partial charge in [0.25, 0.3) is 0 Å². The highest BCUT2D eigenvalue weighted by Crippen LogP contribution is 2.19. The van der Waals surface area contributed by atoms with Gasteiger partial charge in [0.15, 0.2) is 0 Å². The van der Waals surface area contributed by atoms with Crippen molar-refractivity contribution >= 4 is 5.91 Å². The van der Waals surface area contributed by atoms with Gasteiger partial charge in [0.1, 0.15) is 0 Å². The Morgan fingerprint density at radius 1 is 1.55 bits per heavy atom. The zero-order valence-corrected chi connectivity index (χ0v) is 6.89. The first-order valence-corrected chi connectivity index (χ1v) is 4.16. The van der Waals surface area contributed by atoms with Crippen LogP contribution >= 0.6 is 0 Å². The Labute approximate surface area is 67.3 Å². The largest absolute Gasteiger partial charge is 0.675 e. The van der Waals surface area contributed by atoms with E-state index in [1.807, 2.05) is 0 Å². The molecule has 0 heterocycles. The van der Waals surface area contributed by atoms with Crippen molar-refractivity contribution < 1.29 is 4.79 Å². The molecule has 1 amide bonds. The first-order chi connectivity index (χ1) is 5.18. The summed E-state index contributed by atoms with van der Waals surface area (Å²) in [5.74, 6) is 0.0316. The van der Waals surface area contributed by atoms with E-state index in [1.165, 1.54) is 6.92 Å². The van der Waals surface area contributed by atoms with E-state index in [0.29, 0.717) is 0 Å². The summed E-state index contributed by atoms with van der Waals surface area (Å²) in [5.41, 5.74) is 7.50. The molecule has 0 aromatic rings. The Morgan fingerprint density at radius 2 is 2.27 bits per heavy atom. The second-order valence-electron chi connectivity index (χ2n) is 3.26. The lowest BCUT2D eigenvalue weighted by Gasteiger charge is -2.32. The molecule has 3 nitrogen and oxygen atoms in total. The average molecular weight is 155 g/mol. The van der Waals surface area contributed by atoms with Crippen molar-refractivity contribution in [1.82, 2.24) is 5.32 Å². The topological polar surface area (TPSA) is 52.9 Å². The van der Waals surface area contributed by atoms with Crippen molar-refractivity contribution in [3.05, 3.63) is 5.73 Å². The van der Waals surface area contributed by atoms with Gasteiger partial charge in [-0.05, 0) is 12.8 Å². The standard InChI is InChI=1S/C8H15N2O/c1-6(11)10-8-4-2-3-7(9)5-8/h7-9H,2-5H2,1H3,(H,10,11)/q-1/t7-,8+/m0/s1. The zero-order chi connectivity index (χ0) is 8.27. The van der Waals surface area contributed by atoms with Gasteiger partial charge in [-0.1, -0.05) is 12.8 Å². The highest BCUT2D eigenvalue weighted by molar-refractivity contribution is 5.73. The zero-order valence-electron chi connectivity index (χ0n) is 6.89. The number of hydrogen-bond donors (Lipinski definition) is 1. The van der Waals surface area contributed by atoms with E-state index in [-0.39, 0.29) is 18.0 Å². The first kappa shape index (κ1) is 8.53. The summed E-state index contributed by atoms with van der Waals surface area (Å²) in [6.45, 7) is 1.54. The van der Waals surface area contributed by atoms with Crippen LogP contribution < -0.4 is 5.32 Å². The van der Waals surface area contributed by atoms with Gasteiger partial charge in [-0.2, -0.15) is 0 Å². The van der Waals surface area contributed by atoms with Crippen molar-refractivity contribution in [2.75, 3.05) is 0 Å². The minimum atomic E-state index is 0.0316. The van der Waals surface area contributed by atoms with Crippen molar-refractivity contribution in [2.24, 2.45) is 0 Å². The minimum Gasteiger partial charge on any atom is -0.675 e. The van der Waals surface area contributed by atoms with Gasteiger partial charge in [0.2, 0.25) is 5.91 Å². The highest BCUT2D eigenvalue weighted by atomic mass is 16.1. The predicted octanol–water partition coefficient (Wildman–Crippen LogP) is 1.49. The lowest BCUT2D eigenvalue weighted by molar-refractivity contribution is -0.119. The first-order valence-electron chi connectivity index (χ1n) is 4.16. The molecule has 64 valence electrons. The van der Waals surface area contributed by atoms with Crippen molar-refractivity contribution in [1.29, 1.82) is 0 Å². The number of amides is 1. The average Bonchev–Trinajstić information content (AvgIpc) is 1.85. The van der Waals surface area contributed by atoms with Crippen molar-refractivity contribution in [3.8, 4) is 0 Å². The second-order valence-corrected chi connectivity index (χ2v) is 3.26. The fourth-order valence-corrected chi connectivity index (χ4v) is 1.61. The summed E-state index contributed by atoms with van der Waals surface area (Å²) in [6.07, 6.45) is 3.96. The van der Waals surface area contributed by atoms with Gasteiger partial charge in [0, 0.05) is 13.0 Å². The molecule has 0 aliphatic heterocycles. The molecule has 0 aromatic carbocycles. The molecule has 1 saturated carbocycles. The van der Waals surface area contributed by atoms with Gasteiger partial charge in [0.05, 0.1) is 0 Å². The summed E-state index contributed by atoms with van der Waals surface area (Å²) >= 11 is 0. The molecule has 0 saturated heterocycles. The Kier molecular flexibility index (Phi) is 2.88. The quantitative estimate of drug-likeness (QED) is 0.612. The van der Waals surface area contributed by atoms with Gasteiger partial charge < -0.3 is 11.1 Å².